The first-order chi connectivity index (χ1) is 6.83. The van der Waals surface area contributed by atoms with E-state index in [2.05, 4.69) is 40.7 Å². The highest BCUT2D eigenvalue weighted by Crippen LogP contribution is 2.24. The number of amidine groups is 1. The van der Waals surface area contributed by atoms with E-state index in [1.54, 1.807) is 0 Å². The van der Waals surface area contributed by atoms with E-state index in [0.717, 1.165) is 0 Å². The SMILES string of the molecule is N/N=C(/N)c1nonc1C1N=NN=N1. The van der Waals surface area contributed by atoms with Crippen LogP contribution in [0.3, 0.4) is 0 Å². The third-order valence-corrected chi connectivity index (χ3v) is 1.50. The Hall–Kier alpha value is -2.39. The van der Waals surface area contributed by atoms with Crippen LogP contribution >= 0.6 is 0 Å². The molecule has 0 bridgehead atoms. The van der Waals surface area contributed by atoms with Crippen molar-refractivity contribution in [1.29, 1.82) is 0 Å². The number of aromatic nitrogens is 2. The maximum atomic E-state index is 5.43. The second-order valence-corrected chi connectivity index (χ2v) is 2.30. The summed E-state index contributed by atoms with van der Waals surface area (Å²) in [6.07, 6.45) is -0.684. The highest BCUT2D eigenvalue weighted by Gasteiger charge is 2.24. The predicted molar refractivity (Wildman–Crippen MR) is 41.7 cm³/mol. The first kappa shape index (κ1) is 8.22. The Balaban J connectivity index is 2.39. The number of nitrogens with two attached hydrogens (primary N) is 2. The summed E-state index contributed by atoms with van der Waals surface area (Å²) in [5.41, 5.74) is 5.90. The van der Waals surface area contributed by atoms with Gasteiger partial charge in [0, 0.05) is 0 Å². The van der Waals surface area contributed by atoms with Crippen LogP contribution in [-0.4, -0.2) is 16.1 Å². The van der Waals surface area contributed by atoms with Gasteiger partial charge in [-0.15, -0.1) is 10.2 Å². The molecular weight excluding hydrogens is 190 g/mol. The van der Waals surface area contributed by atoms with Gasteiger partial charge in [0.05, 0.1) is 0 Å². The fraction of sp³-hybridized carbons (Fsp3) is 0.250. The van der Waals surface area contributed by atoms with E-state index in [1.165, 1.54) is 0 Å². The van der Waals surface area contributed by atoms with Crippen LogP contribution in [0.15, 0.2) is 30.4 Å². The van der Waals surface area contributed by atoms with Crippen molar-refractivity contribution < 1.29 is 4.63 Å². The highest BCUT2D eigenvalue weighted by atomic mass is 16.6. The topological polar surface area (TPSA) is 153 Å². The molecule has 4 N–H and O–H groups in total. The van der Waals surface area contributed by atoms with E-state index >= 15 is 0 Å². The van der Waals surface area contributed by atoms with Crippen molar-refractivity contribution in [3.05, 3.63) is 11.4 Å². The van der Waals surface area contributed by atoms with Crippen molar-refractivity contribution in [3.8, 4) is 0 Å². The molecule has 14 heavy (non-hydrogen) atoms. The van der Waals surface area contributed by atoms with Gasteiger partial charge in [0.1, 0.15) is 0 Å². The van der Waals surface area contributed by atoms with Gasteiger partial charge >= 0.3 is 0 Å². The Labute approximate surface area is 76.7 Å². The van der Waals surface area contributed by atoms with E-state index in [1.807, 2.05) is 0 Å². The second kappa shape index (κ2) is 3.16. The number of nitrogens with zero attached hydrogens (tertiary/aromatic N) is 7. The molecule has 1 aromatic heterocycles. The molecule has 0 radical (unpaired) electrons. The van der Waals surface area contributed by atoms with Gasteiger partial charge in [-0.1, -0.05) is 0 Å². The van der Waals surface area contributed by atoms with E-state index in [-0.39, 0.29) is 17.2 Å². The van der Waals surface area contributed by atoms with Crippen molar-refractivity contribution >= 4 is 5.84 Å². The molecule has 2 rings (SSSR count). The highest BCUT2D eigenvalue weighted by molar-refractivity contribution is 5.96. The lowest BCUT2D eigenvalue weighted by Gasteiger charge is -1.96. The second-order valence-electron chi connectivity index (χ2n) is 2.30. The van der Waals surface area contributed by atoms with E-state index in [4.69, 9.17) is 11.6 Å². The molecule has 72 valence electrons. The normalized spacial score (nSPS) is 16.7. The number of rotatable bonds is 2. The predicted octanol–water partition coefficient (Wildman–Crippen LogP) is -0.520. The molecule has 0 fully saturated rings. The van der Waals surface area contributed by atoms with Crippen molar-refractivity contribution in [1.82, 2.24) is 10.3 Å². The third kappa shape index (κ3) is 1.18. The molecule has 10 nitrogen and oxygen atoms in total. The molecule has 1 aliphatic heterocycles. The molecular formula is C4H5N9O. The summed E-state index contributed by atoms with van der Waals surface area (Å²) in [6, 6.07) is 0. The molecule has 1 aromatic rings. The molecule has 10 heteroatoms. The smallest absolute Gasteiger partial charge is 0.232 e. The standard InChI is InChI=1S/C4H5N9O/c5-3(7-6)1-2(11-14-10-1)4-8-12-13-9-4/h4H,6H2,(H2,5,7). The molecule has 2 heterocycles. The minimum Gasteiger partial charge on any atom is -0.380 e. The summed E-state index contributed by atoms with van der Waals surface area (Å²) < 4.78 is 4.46. The molecule has 0 saturated heterocycles. The van der Waals surface area contributed by atoms with Crippen molar-refractivity contribution in [2.24, 2.45) is 37.4 Å². The van der Waals surface area contributed by atoms with Crippen LogP contribution in [-0.2, 0) is 0 Å². The molecule has 1 aliphatic rings. The average molecular weight is 195 g/mol. The lowest BCUT2D eigenvalue weighted by Crippen LogP contribution is -2.18. The van der Waals surface area contributed by atoms with Crippen molar-refractivity contribution in [2.75, 3.05) is 0 Å². The minimum atomic E-state index is -0.684. The average Bonchev–Trinajstić information content (AvgIpc) is 2.85. The number of hydrogen-bond acceptors (Lipinski definition) is 9. The molecule has 0 aliphatic carbocycles. The summed E-state index contributed by atoms with van der Waals surface area (Å²) in [5, 5.41) is 24.2. The number of hydrazone groups is 1. The van der Waals surface area contributed by atoms with Crippen LogP contribution in [0.5, 0.6) is 0 Å². The largest absolute Gasteiger partial charge is 0.380 e. The lowest BCUT2D eigenvalue weighted by atomic mass is 10.2. The molecule has 0 saturated carbocycles. The van der Waals surface area contributed by atoms with Crippen LogP contribution < -0.4 is 11.6 Å². The summed E-state index contributed by atoms with van der Waals surface area (Å²) in [7, 11) is 0. The molecule has 0 atom stereocenters. The first-order valence-electron chi connectivity index (χ1n) is 3.49. The number of hydrogen-bond donors (Lipinski definition) is 2. The zero-order chi connectivity index (χ0) is 9.97. The Bertz CT molecular complexity index is 404. The summed E-state index contributed by atoms with van der Waals surface area (Å²) in [4.78, 5) is 0. The summed E-state index contributed by atoms with van der Waals surface area (Å²) in [6.45, 7) is 0. The van der Waals surface area contributed by atoms with Crippen LogP contribution in [0.4, 0.5) is 0 Å². The Morgan fingerprint density at radius 1 is 1.29 bits per heavy atom. The van der Waals surface area contributed by atoms with Crippen LogP contribution in [0.1, 0.15) is 17.6 Å². The fourth-order valence-electron chi connectivity index (χ4n) is 0.880. The van der Waals surface area contributed by atoms with E-state index < -0.39 is 6.17 Å². The van der Waals surface area contributed by atoms with Gasteiger partial charge in [0.15, 0.2) is 17.2 Å². The summed E-state index contributed by atoms with van der Waals surface area (Å²) in [5.74, 6) is 4.96. The van der Waals surface area contributed by atoms with Gasteiger partial charge < -0.3 is 11.6 Å². The van der Waals surface area contributed by atoms with Crippen molar-refractivity contribution in [2.45, 2.75) is 6.17 Å². The zero-order valence-corrected chi connectivity index (χ0v) is 6.77. The van der Waals surface area contributed by atoms with Gasteiger partial charge in [-0.05, 0) is 20.8 Å². The van der Waals surface area contributed by atoms with Crippen molar-refractivity contribution in [3.63, 3.8) is 0 Å². The monoisotopic (exact) mass is 195 g/mol. The van der Waals surface area contributed by atoms with Gasteiger partial charge in [0.25, 0.3) is 0 Å². The van der Waals surface area contributed by atoms with Crippen LogP contribution in [0.2, 0.25) is 0 Å². The van der Waals surface area contributed by atoms with Gasteiger partial charge in [0.2, 0.25) is 6.17 Å². The molecule has 0 amide bonds. The maximum absolute atomic E-state index is 5.43. The third-order valence-electron chi connectivity index (χ3n) is 1.50. The Kier molecular flexibility index (Phi) is 1.86. The Morgan fingerprint density at radius 3 is 2.64 bits per heavy atom. The van der Waals surface area contributed by atoms with Crippen LogP contribution in [0, 0.1) is 0 Å². The molecule has 0 spiro atoms. The van der Waals surface area contributed by atoms with Gasteiger partial charge in [-0.2, -0.15) is 5.10 Å². The quantitative estimate of drug-likeness (QED) is 0.281. The van der Waals surface area contributed by atoms with Gasteiger partial charge in [-0.25, -0.2) is 4.63 Å². The van der Waals surface area contributed by atoms with E-state index in [0.29, 0.717) is 0 Å². The summed E-state index contributed by atoms with van der Waals surface area (Å²) >= 11 is 0. The Morgan fingerprint density at radius 2 is 2.00 bits per heavy atom. The minimum absolute atomic E-state index is 0.0152. The van der Waals surface area contributed by atoms with Gasteiger partial charge in [-0.3, -0.25) is 0 Å². The van der Waals surface area contributed by atoms with E-state index in [9.17, 15) is 0 Å². The zero-order valence-electron chi connectivity index (χ0n) is 6.77. The maximum Gasteiger partial charge on any atom is 0.232 e. The molecule has 0 aromatic carbocycles. The lowest BCUT2D eigenvalue weighted by molar-refractivity contribution is 0.300. The molecule has 0 unspecified atom stereocenters. The van der Waals surface area contributed by atoms with Crippen LogP contribution in [0.25, 0.3) is 0 Å². The first-order valence-corrected chi connectivity index (χ1v) is 3.49. The fourth-order valence-corrected chi connectivity index (χ4v) is 0.880.